The van der Waals surface area contributed by atoms with Gasteiger partial charge in [0.2, 0.25) is 5.78 Å². The summed E-state index contributed by atoms with van der Waals surface area (Å²) in [5, 5.41) is 0. The van der Waals surface area contributed by atoms with Gasteiger partial charge in [-0.1, -0.05) is 24.3 Å². The van der Waals surface area contributed by atoms with Crippen molar-refractivity contribution < 1.29 is 9.21 Å². The fourth-order valence-electron chi connectivity index (χ4n) is 3.54. The third-order valence-electron chi connectivity index (χ3n) is 4.47. The molecule has 0 amide bonds. The third-order valence-corrected chi connectivity index (χ3v) is 5.10. The highest BCUT2D eigenvalue weighted by atomic mass is 79.9. The molecule has 1 heterocycles. The number of benzene rings is 1. The van der Waals surface area contributed by atoms with Crippen LogP contribution in [0.3, 0.4) is 0 Å². The molecule has 0 radical (unpaired) electrons. The number of furan rings is 1. The Morgan fingerprint density at radius 2 is 2.11 bits per heavy atom. The zero-order valence-electron chi connectivity index (χ0n) is 10.3. The van der Waals surface area contributed by atoms with Gasteiger partial charge < -0.3 is 4.42 Å². The number of carbonyl (C=O) groups excluding carboxylic acids is 1. The Kier molecular flexibility index (Phi) is 2.46. The van der Waals surface area contributed by atoms with Crippen LogP contribution >= 0.6 is 15.9 Å². The molecule has 2 aliphatic carbocycles. The molecule has 1 aromatic heterocycles. The van der Waals surface area contributed by atoms with E-state index in [-0.39, 0.29) is 11.7 Å². The summed E-state index contributed by atoms with van der Waals surface area (Å²) < 4.78 is 6.10. The van der Waals surface area contributed by atoms with Crippen molar-refractivity contribution in [2.75, 3.05) is 0 Å². The summed E-state index contributed by atoms with van der Waals surface area (Å²) in [6, 6.07) is 10.3. The van der Waals surface area contributed by atoms with Gasteiger partial charge in [-0.15, -0.1) is 0 Å². The van der Waals surface area contributed by atoms with Crippen LogP contribution in [-0.4, -0.2) is 5.78 Å². The van der Waals surface area contributed by atoms with E-state index in [2.05, 4.69) is 40.2 Å². The van der Waals surface area contributed by atoms with Gasteiger partial charge in [0.15, 0.2) is 5.76 Å². The van der Waals surface area contributed by atoms with E-state index in [9.17, 15) is 4.79 Å². The highest BCUT2D eigenvalue weighted by Crippen LogP contribution is 2.61. The molecule has 4 rings (SSSR count). The number of Topliss-reactive ketones (excluding diaryl/α,β-unsaturated/α-hetero) is 1. The third kappa shape index (κ3) is 1.64. The molecule has 19 heavy (non-hydrogen) atoms. The number of hydrogen-bond donors (Lipinski definition) is 0. The lowest BCUT2D eigenvalue weighted by Crippen LogP contribution is -2.03. The zero-order valence-corrected chi connectivity index (χ0v) is 11.9. The SMILES string of the molecule is O=C(c1occc1Br)C1C2CCc3ccccc3C21. The molecule has 2 aromatic rings. The standard InChI is InChI=1S/C16H13BrO2/c17-12-7-8-19-16(12)15(18)14-11-6-5-9-3-1-2-4-10(9)13(11)14/h1-4,7-8,11,13-14H,5-6H2. The fourth-order valence-corrected chi connectivity index (χ4v) is 3.94. The Hall–Kier alpha value is -1.35. The molecule has 0 N–H and O–H groups in total. The molecule has 0 saturated heterocycles. The predicted octanol–water partition coefficient (Wildman–Crippen LogP) is 4.20. The maximum Gasteiger partial charge on any atom is 0.203 e. The van der Waals surface area contributed by atoms with E-state index < -0.39 is 0 Å². The van der Waals surface area contributed by atoms with E-state index in [1.807, 2.05) is 0 Å². The minimum atomic E-state index is 0.117. The second-order valence-electron chi connectivity index (χ2n) is 5.41. The number of aryl methyl sites for hydroxylation is 1. The second kappa shape index (κ2) is 4.07. The Bertz CT molecular complexity index is 658. The van der Waals surface area contributed by atoms with E-state index >= 15 is 0 Å². The van der Waals surface area contributed by atoms with Crippen LogP contribution in [0, 0.1) is 11.8 Å². The summed E-state index contributed by atoms with van der Waals surface area (Å²) in [4.78, 5) is 12.5. The van der Waals surface area contributed by atoms with E-state index in [4.69, 9.17) is 4.42 Å². The average molecular weight is 317 g/mol. The van der Waals surface area contributed by atoms with Crippen LogP contribution < -0.4 is 0 Å². The number of carbonyl (C=O) groups is 1. The molecular weight excluding hydrogens is 304 g/mol. The maximum atomic E-state index is 12.5. The van der Waals surface area contributed by atoms with Crippen molar-refractivity contribution >= 4 is 21.7 Å². The number of fused-ring (bicyclic) bond motifs is 3. The smallest absolute Gasteiger partial charge is 0.203 e. The Balaban J connectivity index is 1.68. The highest BCUT2D eigenvalue weighted by Gasteiger charge is 2.57. The summed E-state index contributed by atoms with van der Waals surface area (Å²) >= 11 is 3.38. The van der Waals surface area contributed by atoms with E-state index in [0.29, 0.717) is 17.6 Å². The molecule has 0 aliphatic heterocycles. The van der Waals surface area contributed by atoms with Crippen molar-refractivity contribution in [3.05, 3.63) is 58.0 Å². The average Bonchev–Trinajstić information content (AvgIpc) is 3.04. The lowest BCUT2D eigenvalue weighted by molar-refractivity contribution is 0.0930. The van der Waals surface area contributed by atoms with Crippen molar-refractivity contribution in [1.82, 2.24) is 0 Å². The summed E-state index contributed by atoms with van der Waals surface area (Å²) in [5.41, 5.74) is 2.79. The number of hydrogen-bond acceptors (Lipinski definition) is 2. The van der Waals surface area contributed by atoms with Crippen molar-refractivity contribution in [3.8, 4) is 0 Å². The molecule has 1 fully saturated rings. The van der Waals surface area contributed by atoms with Gasteiger partial charge in [0.05, 0.1) is 10.7 Å². The first kappa shape index (κ1) is 11.5. The van der Waals surface area contributed by atoms with Gasteiger partial charge in [-0.2, -0.15) is 0 Å². The van der Waals surface area contributed by atoms with Gasteiger partial charge in [0.25, 0.3) is 0 Å². The number of halogens is 1. The Labute approximate surface area is 119 Å². The lowest BCUT2D eigenvalue weighted by Gasteiger charge is -2.13. The van der Waals surface area contributed by atoms with Gasteiger partial charge >= 0.3 is 0 Å². The van der Waals surface area contributed by atoms with Gasteiger partial charge in [-0.3, -0.25) is 4.79 Å². The topological polar surface area (TPSA) is 30.2 Å². The molecule has 1 aromatic carbocycles. The minimum Gasteiger partial charge on any atom is -0.460 e. The molecule has 2 aliphatic rings. The van der Waals surface area contributed by atoms with E-state index in [0.717, 1.165) is 17.3 Å². The molecule has 96 valence electrons. The molecule has 3 atom stereocenters. The van der Waals surface area contributed by atoms with Crippen LogP contribution in [0.1, 0.15) is 34.0 Å². The number of rotatable bonds is 2. The summed E-state index contributed by atoms with van der Waals surface area (Å²) in [6.07, 6.45) is 3.79. The van der Waals surface area contributed by atoms with Crippen molar-refractivity contribution in [2.24, 2.45) is 11.8 Å². The molecule has 0 bridgehead atoms. The monoisotopic (exact) mass is 316 g/mol. The normalized spacial score (nSPS) is 27.5. The summed E-state index contributed by atoms with van der Waals surface area (Å²) in [5.74, 6) is 1.68. The first-order chi connectivity index (χ1) is 9.27. The summed E-state index contributed by atoms with van der Waals surface area (Å²) in [7, 11) is 0. The van der Waals surface area contributed by atoms with E-state index in [1.54, 1.807) is 12.3 Å². The van der Waals surface area contributed by atoms with Crippen LogP contribution in [-0.2, 0) is 6.42 Å². The number of ketones is 1. The first-order valence-electron chi connectivity index (χ1n) is 6.62. The molecule has 3 heteroatoms. The van der Waals surface area contributed by atoms with Gasteiger partial charge in [-0.05, 0) is 57.8 Å². The van der Waals surface area contributed by atoms with Crippen LogP contribution in [0.5, 0.6) is 0 Å². The quantitative estimate of drug-likeness (QED) is 0.777. The molecule has 3 unspecified atom stereocenters. The van der Waals surface area contributed by atoms with Crippen molar-refractivity contribution in [1.29, 1.82) is 0 Å². The van der Waals surface area contributed by atoms with E-state index in [1.165, 1.54) is 11.1 Å². The van der Waals surface area contributed by atoms with Crippen LogP contribution in [0.25, 0.3) is 0 Å². The summed E-state index contributed by atoms with van der Waals surface area (Å²) in [6.45, 7) is 0. The molecule has 1 saturated carbocycles. The Morgan fingerprint density at radius 1 is 1.26 bits per heavy atom. The molecule has 0 spiro atoms. The predicted molar refractivity (Wildman–Crippen MR) is 75.2 cm³/mol. The highest BCUT2D eigenvalue weighted by molar-refractivity contribution is 9.10. The largest absolute Gasteiger partial charge is 0.460 e. The molecule has 2 nitrogen and oxygen atoms in total. The van der Waals surface area contributed by atoms with Gasteiger partial charge in [-0.25, -0.2) is 0 Å². The zero-order chi connectivity index (χ0) is 13.0. The minimum absolute atomic E-state index is 0.117. The van der Waals surface area contributed by atoms with Crippen LogP contribution in [0.15, 0.2) is 45.5 Å². The van der Waals surface area contributed by atoms with Gasteiger partial charge in [0, 0.05) is 5.92 Å². The van der Waals surface area contributed by atoms with Crippen molar-refractivity contribution in [3.63, 3.8) is 0 Å². The first-order valence-corrected chi connectivity index (χ1v) is 7.41. The van der Waals surface area contributed by atoms with Crippen LogP contribution in [0.2, 0.25) is 0 Å². The van der Waals surface area contributed by atoms with Gasteiger partial charge in [0.1, 0.15) is 0 Å². The maximum absolute atomic E-state index is 12.5. The van der Waals surface area contributed by atoms with Crippen LogP contribution in [0.4, 0.5) is 0 Å². The fraction of sp³-hybridized carbons (Fsp3) is 0.312. The van der Waals surface area contributed by atoms with Crippen molar-refractivity contribution in [2.45, 2.75) is 18.8 Å². The lowest BCUT2D eigenvalue weighted by atomic mass is 9.92. The molecular formula is C16H13BrO2. The Morgan fingerprint density at radius 3 is 2.89 bits per heavy atom. The second-order valence-corrected chi connectivity index (χ2v) is 6.27.